The molecule has 20 heavy (non-hydrogen) atoms. The Morgan fingerprint density at radius 3 is 2.60 bits per heavy atom. The Morgan fingerprint density at radius 1 is 1.30 bits per heavy atom. The molecule has 3 rings (SSSR count). The lowest BCUT2D eigenvalue weighted by Gasteiger charge is -2.31. The topological polar surface area (TPSA) is 43.1 Å². The van der Waals surface area contributed by atoms with E-state index in [0.29, 0.717) is 18.2 Å². The third-order valence-corrected chi connectivity index (χ3v) is 5.95. The lowest BCUT2D eigenvalue weighted by atomic mass is 9.70. The van der Waals surface area contributed by atoms with E-state index in [1.54, 1.807) is 0 Å². The number of nitrogens with two attached hydrogens (primary N) is 1. The smallest absolute Gasteiger partial charge is 0.165 e. The molecule has 1 aromatic carbocycles. The number of hydrogen-bond donors (Lipinski definition) is 1. The first-order chi connectivity index (χ1) is 9.41. The van der Waals surface area contributed by atoms with Gasteiger partial charge in [-0.3, -0.25) is 4.79 Å². The summed E-state index contributed by atoms with van der Waals surface area (Å²) >= 11 is 0. The summed E-state index contributed by atoms with van der Waals surface area (Å²) in [5.41, 5.74) is 8.93. The molecule has 2 bridgehead atoms. The number of allylic oxidation sites excluding steroid dienone is 1. The van der Waals surface area contributed by atoms with Crippen molar-refractivity contribution >= 4 is 11.9 Å². The maximum absolute atomic E-state index is 12.8. The predicted molar refractivity (Wildman–Crippen MR) is 81.9 cm³/mol. The highest BCUT2D eigenvalue weighted by atomic mass is 16.1. The van der Waals surface area contributed by atoms with Crippen LogP contribution in [-0.4, -0.2) is 5.78 Å². The SMILES string of the molecule is CC12CCC(/C(=C/c3ccccc3CN)C1=O)C2(C)C. The standard InChI is InChI=1S/C18H23NO/c1-17(2)15-8-9-18(17,3)16(20)14(15)10-12-6-4-5-7-13(12)11-19/h4-7,10,15H,8-9,11,19H2,1-3H3/b14-10-. The van der Waals surface area contributed by atoms with Crippen molar-refractivity contribution in [1.82, 2.24) is 0 Å². The van der Waals surface area contributed by atoms with Crippen LogP contribution in [0.25, 0.3) is 6.08 Å². The van der Waals surface area contributed by atoms with Crippen molar-refractivity contribution in [1.29, 1.82) is 0 Å². The molecule has 0 aromatic heterocycles. The van der Waals surface area contributed by atoms with Crippen LogP contribution in [0.1, 0.15) is 44.7 Å². The van der Waals surface area contributed by atoms with E-state index < -0.39 is 0 Å². The Morgan fingerprint density at radius 2 is 2.00 bits per heavy atom. The minimum atomic E-state index is -0.179. The number of Topliss-reactive ketones (excluding diaryl/α,β-unsaturated/α-hetero) is 1. The Balaban J connectivity index is 2.08. The molecule has 1 aromatic rings. The Labute approximate surface area is 121 Å². The molecule has 2 saturated carbocycles. The fourth-order valence-electron chi connectivity index (χ4n) is 4.12. The fourth-order valence-corrected chi connectivity index (χ4v) is 4.12. The summed E-state index contributed by atoms with van der Waals surface area (Å²) in [6.45, 7) is 7.15. The maximum atomic E-state index is 12.8. The van der Waals surface area contributed by atoms with E-state index >= 15 is 0 Å². The number of carbonyl (C=O) groups excluding carboxylic acids is 1. The largest absolute Gasteiger partial charge is 0.326 e. The highest BCUT2D eigenvalue weighted by molar-refractivity contribution is 6.08. The van der Waals surface area contributed by atoms with Crippen molar-refractivity contribution in [2.24, 2.45) is 22.5 Å². The van der Waals surface area contributed by atoms with E-state index in [4.69, 9.17) is 5.73 Å². The third kappa shape index (κ3) is 1.58. The van der Waals surface area contributed by atoms with E-state index in [9.17, 15) is 4.79 Å². The molecule has 0 spiro atoms. The summed E-state index contributed by atoms with van der Waals surface area (Å²) in [6.07, 6.45) is 4.26. The minimum Gasteiger partial charge on any atom is -0.326 e. The molecule has 0 heterocycles. The molecule has 2 fully saturated rings. The molecule has 2 aliphatic carbocycles. The highest BCUT2D eigenvalue weighted by Gasteiger charge is 2.63. The lowest BCUT2D eigenvalue weighted by molar-refractivity contribution is -0.125. The first-order valence-corrected chi connectivity index (χ1v) is 7.46. The molecule has 2 nitrogen and oxygen atoms in total. The van der Waals surface area contributed by atoms with E-state index in [1.807, 2.05) is 18.2 Å². The van der Waals surface area contributed by atoms with Crippen LogP contribution in [-0.2, 0) is 11.3 Å². The van der Waals surface area contributed by atoms with Gasteiger partial charge in [0, 0.05) is 12.0 Å². The zero-order valence-electron chi connectivity index (χ0n) is 12.6. The van der Waals surface area contributed by atoms with Crippen molar-refractivity contribution in [2.75, 3.05) is 0 Å². The number of hydrogen-bond acceptors (Lipinski definition) is 2. The highest BCUT2D eigenvalue weighted by Crippen LogP contribution is 2.65. The molecule has 0 aliphatic heterocycles. The average Bonchev–Trinajstić information content (AvgIpc) is 2.74. The van der Waals surface area contributed by atoms with Gasteiger partial charge in [0.15, 0.2) is 5.78 Å². The number of rotatable bonds is 2. The van der Waals surface area contributed by atoms with Crippen molar-refractivity contribution in [2.45, 2.75) is 40.2 Å². The molecule has 2 aliphatic rings. The molecule has 0 saturated heterocycles. The molecule has 2 atom stereocenters. The van der Waals surface area contributed by atoms with Crippen LogP contribution in [0.4, 0.5) is 0 Å². The second kappa shape index (κ2) is 4.29. The maximum Gasteiger partial charge on any atom is 0.165 e. The Kier molecular flexibility index (Phi) is 2.91. The van der Waals surface area contributed by atoms with Gasteiger partial charge in [0.25, 0.3) is 0 Å². The molecule has 2 unspecified atom stereocenters. The second-order valence-electron chi connectivity index (χ2n) is 6.98. The predicted octanol–water partition coefficient (Wildman–Crippen LogP) is 3.55. The van der Waals surface area contributed by atoms with Crippen LogP contribution in [0.2, 0.25) is 0 Å². The van der Waals surface area contributed by atoms with Gasteiger partial charge < -0.3 is 5.73 Å². The van der Waals surface area contributed by atoms with E-state index in [1.165, 1.54) is 0 Å². The van der Waals surface area contributed by atoms with Gasteiger partial charge in [0.1, 0.15) is 0 Å². The molecular weight excluding hydrogens is 246 g/mol. The van der Waals surface area contributed by atoms with Gasteiger partial charge in [-0.05, 0) is 47.0 Å². The minimum absolute atomic E-state index is 0.0770. The van der Waals surface area contributed by atoms with Gasteiger partial charge in [-0.1, -0.05) is 45.0 Å². The van der Waals surface area contributed by atoms with Gasteiger partial charge in [-0.15, -0.1) is 0 Å². The fraction of sp³-hybridized carbons (Fsp3) is 0.500. The normalized spacial score (nSPS) is 33.1. The zero-order chi connectivity index (χ0) is 14.5. The van der Waals surface area contributed by atoms with Crippen LogP contribution in [0, 0.1) is 16.7 Å². The van der Waals surface area contributed by atoms with Crippen molar-refractivity contribution in [3.05, 3.63) is 41.0 Å². The molecule has 106 valence electrons. The first-order valence-electron chi connectivity index (χ1n) is 7.46. The number of benzene rings is 1. The van der Waals surface area contributed by atoms with Gasteiger partial charge in [0.2, 0.25) is 0 Å². The molecular formula is C18H23NO. The average molecular weight is 269 g/mol. The molecule has 0 amide bonds. The summed E-state index contributed by atoms with van der Waals surface area (Å²) in [6, 6.07) is 8.11. The number of carbonyl (C=O) groups is 1. The van der Waals surface area contributed by atoms with Crippen LogP contribution in [0.3, 0.4) is 0 Å². The zero-order valence-corrected chi connectivity index (χ0v) is 12.6. The first kappa shape index (κ1) is 13.6. The van der Waals surface area contributed by atoms with Gasteiger partial charge >= 0.3 is 0 Å². The van der Waals surface area contributed by atoms with E-state index in [-0.39, 0.29) is 10.8 Å². The summed E-state index contributed by atoms with van der Waals surface area (Å²) in [7, 11) is 0. The van der Waals surface area contributed by atoms with Crippen molar-refractivity contribution in [3.63, 3.8) is 0 Å². The monoisotopic (exact) mass is 269 g/mol. The van der Waals surface area contributed by atoms with Crippen LogP contribution in [0.5, 0.6) is 0 Å². The van der Waals surface area contributed by atoms with Crippen LogP contribution < -0.4 is 5.73 Å². The van der Waals surface area contributed by atoms with E-state index in [2.05, 4.69) is 32.9 Å². The Hall–Kier alpha value is -1.41. The number of ketones is 1. The quantitative estimate of drug-likeness (QED) is 0.834. The van der Waals surface area contributed by atoms with Gasteiger partial charge in [-0.2, -0.15) is 0 Å². The summed E-state index contributed by atoms with van der Waals surface area (Å²) in [5.74, 6) is 0.747. The van der Waals surface area contributed by atoms with Gasteiger partial charge in [0.05, 0.1) is 0 Å². The molecule has 2 N–H and O–H groups in total. The third-order valence-electron chi connectivity index (χ3n) is 5.95. The van der Waals surface area contributed by atoms with Crippen LogP contribution in [0.15, 0.2) is 29.8 Å². The van der Waals surface area contributed by atoms with Crippen molar-refractivity contribution in [3.8, 4) is 0 Å². The summed E-state index contributed by atoms with van der Waals surface area (Å²) in [5, 5.41) is 0. The summed E-state index contributed by atoms with van der Waals surface area (Å²) in [4.78, 5) is 12.8. The summed E-state index contributed by atoms with van der Waals surface area (Å²) < 4.78 is 0. The Bertz CT molecular complexity index is 599. The molecule has 2 heteroatoms. The second-order valence-corrected chi connectivity index (χ2v) is 6.98. The van der Waals surface area contributed by atoms with Gasteiger partial charge in [-0.25, -0.2) is 0 Å². The number of fused-ring (bicyclic) bond motifs is 2. The van der Waals surface area contributed by atoms with Crippen molar-refractivity contribution < 1.29 is 4.79 Å². The van der Waals surface area contributed by atoms with E-state index in [0.717, 1.165) is 29.5 Å². The lowest BCUT2D eigenvalue weighted by Crippen LogP contribution is -2.32. The van der Waals surface area contributed by atoms with Crippen LogP contribution >= 0.6 is 0 Å². The molecule has 0 radical (unpaired) electrons.